The average molecular weight is 312 g/mol. The van der Waals surface area contributed by atoms with E-state index >= 15 is 0 Å². The van der Waals surface area contributed by atoms with Crippen molar-refractivity contribution in [1.29, 1.82) is 0 Å². The fourth-order valence-electron chi connectivity index (χ4n) is 1.87. The van der Waals surface area contributed by atoms with Crippen molar-refractivity contribution in [3.05, 3.63) is 40.8 Å². The number of hydrogen-bond acceptors (Lipinski definition) is 3. The van der Waals surface area contributed by atoms with E-state index in [9.17, 15) is 4.39 Å². The van der Waals surface area contributed by atoms with E-state index in [2.05, 4.69) is 26.3 Å². The Balaban J connectivity index is 1.94. The molecular weight excluding hydrogens is 301 g/mol. The third-order valence-corrected chi connectivity index (χ3v) is 3.32. The maximum Gasteiger partial charge on any atom is 0.206 e. The van der Waals surface area contributed by atoms with Crippen molar-refractivity contribution in [2.45, 2.75) is 6.35 Å². The lowest BCUT2D eigenvalue weighted by molar-refractivity contribution is 0.0345. The first-order chi connectivity index (χ1) is 8.74. The van der Waals surface area contributed by atoms with Crippen LogP contribution in [0, 0.1) is 5.82 Å². The van der Waals surface area contributed by atoms with Gasteiger partial charge in [0.15, 0.2) is 0 Å². The molecule has 1 aliphatic heterocycles. The smallest absolute Gasteiger partial charge is 0.206 e. The number of aromatic nitrogens is 2. The third-order valence-electron chi connectivity index (χ3n) is 2.74. The van der Waals surface area contributed by atoms with Gasteiger partial charge in [-0.2, -0.15) is 5.10 Å². The Kier molecular flexibility index (Phi) is 3.15. The minimum atomic E-state index is -0.255. The van der Waals surface area contributed by atoms with E-state index in [0.717, 1.165) is 22.3 Å². The summed E-state index contributed by atoms with van der Waals surface area (Å²) in [7, 11) is 0. The lowest BCUT2D eigenvalue weighted by Gasteiger charge is -2.09. The van der Waals surface area contributed by atoms with Crippen LogP contribution in [0.15, 0.2) is 34.9 Å². The summed E-state index contributed by atoms with van der Waals surface area (Å²) in [6.45, 7) is 1.49. The van der Waals surface area contributed by atoms with Crippen LogP contribution in [0.25, 0.3) is 11.3 Å². The molecule has 0 spiro atoms. The van der Waals surface area contributed by atoms with E-state index < -0.39 is 0 Å². The monoisotopic (exact) mass is 311 g/mol. The van der Waals surface area contributed by atoms with E-state index in [1.165, 1.54) is 12.1 Å². The Morgan fingerprint density at radius 3 is 2.83 bits per heavy atom. The van der Waals surface area contributed by atoms with E-state index in [1.807, 2.05) is 6.20 Å². The van der Waals surface area contributed by atoms with Crippen molar-refractivity contribution < 1.29 is 9.13 Å². The minimum absolute atomic E-state index is 0.226. The van der Waals surface area contributed by atoms with Crippen LogP contribution in [0.5, 0.6) is 0 Å². The molecule has 0 saturated carbocycles. The zero-order chi connectivity index (χ0) is 12.5. The molecule has 4 nitrogen and oxygen atoms in total. The van der Waals surface area contributed by atoms with Gasteiger partial charge in [-0.25, -0.2) is 9.07 Å². The Bertz CT molecular complexity index is 549. The fourth-order valence-corrected chi connectivity index (χ4v) is 2.39. The second kappa shape index (κ2) is 4.79. The van der Waals surface area contributed by atoms with Crippen LogP contribution in [-0.4, -0.2) is 22.9 Å². The lowest BCUT2D eigenvalue weighted by atomic mass is 10.1. The fraction of sp³-hybridized carbons (Fsp3) is 0.250. The van der Waals surface area contributed by atoms with Gasteiger partial charge in [0.05, 0.1) is 11.1 Å². The molecule has 0 bridgehead atoms. The number of hydrogen-bond donors (Lipinski definition) is 1. The van der Waals surface area contributed by atoms with Gasteiger partial charge in [-0.1, -0.05) is 0 Å². The lowest BCUT2D eigenvalue weighted by Crippen LogP contribution is -2.21. The number of halogens is 2. The highest BCUT2D eigenvalue weighted by Gasteiger charge is 2.19. The summed E-state index contributed by atoms with van der Waals surface area (Å²) in [5.74, 6) is -0.255. The van der Waals surface area contributed by atoms with E-state index in [0.29, 0.717) is 6.61 Å². The van der Waals surface area contributed by atoms with Crippen LogP contribution >= 0.6 is 15.9 Å². The van der Waals surface area contributed by atoms with Crippen LogP contribution in [-0.2, 0) is 4.74 Å². The molecule has 1 unspecified atom stereocenters. The number of ether oxygens (including phenoxy) is 1. The highest BCUT2D eigenvalue weighted by molar-refractivity contribution is 9.10. The molecule has 2 heterocycles. The molecule has 6 heteroatoms. The molecule has 1 N–H and O–H groups in total. The molecule has 18 heavy (non-hydrogen) atoms. The molecular formula is C12H11BrFN3O. The maximum atomic E-state index is 12.9. The highest BCUT2D eigenvalue weighted by atomic mass is 79.9. The molecule has 1 saturated heterocycles. The normalized spacial score (nSPS) is 19.3. The Morgan fingerprint density at radius 2 is 2.17 bits per heavy atom. The van der Waals surface area contributed by atoms with Crippen LogP contribution in [0.3, 0.4) is 0 Å². The van der Waals surface area contributed by atoms with Crippen LogP contribution in [0.4, 0.5) is 4.39 Å². The number of benzene rings is 1. The van der Waals surface area contributed by atoms with Gasteiger partial charge in [0, 0.05) is 18.3 Å². The van der Waals surface area contributed by atoms with Crippen molar-refractivity contribution >= 4 is 15.9 Å². The van der Waals surface area contributed by atoms with Gasteiger partial charge < -0.3 is 4.74 Å². The molecule has 3 rings (SSSR count). The number of rotatable bonds is 2. The zero-order valence-electron chi connectivity index (χ0n) is 9.44. The standard InChI is InChI=1S/C12H11BrFN3O/c13-10-7-17(12-15-5-6-18-12)16-11(10)8-1-3-9(14)4-2-8/h1-4,7,12,15H,5-6H2. The molecule has 1 aromatic heterocycles. The highest BCUT2D eigenvalue weighted by Crippen LogP contribution is 2.28. The predicted molar refractivity (Wildman–Crippen MR) is 68.3 cm³/mol. The average Bonchev–Trinajstić information content (AvgIpc) is 2.99. The van der Waals surface area contributed by atoms with Crippen molar-refractivity contribution in [1.82, 2.24) is 15.1 Å². The molecule has 0 aliphatic carbocycles. The van der Waals surface area contributed by atoms with E-state index in [4.69, 9.17) is 4.74 Å². The molecule has 1 atom stereocenters. The van der Waals surface area contributed by atoms with Gasteiger partial charge in [-0.15, -0.1) is 0 Å². The van der Waals surface area contributed by atoms with Gasteiger partial charge in [-0.3, -0.25) is 5.32 Å². The Hall–Kier alpha value is -1.24. The first kappa shape index (κ1) is 11.8. The summed E-state index contributed by atoms with van der Waals surface area (Å²) in [6.07, 6.45) is 1.62. The molecule has 0 radical (unpaired) electrons. The largest absolute Gasteiger partial charge is 0.342 e. The quantitative estimate of drug-likeness (QED) is 0.926. The van der Waals surface area contributed by atoms with Crippen molar-refractivity contribution in [3.63, 3.8) is 0 Å². The second-order valence-electron chi connectivity index (χ2n) is 3.99. The maximum absolute atomic E-state index is 12.9. The molecule has 0 amide bonds. The van der Waals surface area contributed by atoms with Crippen LogP contribution in [0.2, 0.25) is 0 Å². The van der Waals surface area contributed by atoms with Gasteiger partial charge in [0.25, 0.3) is 0 Å². The molecule has 94 valence electrons. The van der Waals surface area contributed by atoms with Crippen molar-refractivity contribution in [3.8, 4) is 11.3 Å². The van der Waals surface area contributed by atoms with Crippen molar-refractivity contribution in [2.24, 2.45) is 0 Å². The number of nitrogens with one attached hydrogen (secondary N) is 1. The van der Waals surface area contributed by atoms with Gasteiger partial charge in [0.2, 0.25) is 6.35 Å². The SMILES string of the molecule is Fc1ccc(-c2nn(C3NCCO3)cc2Br)cc1. The molecule has 1 aromatic carbocycles. The minimum Gasteiger partial charge on any atom is -0.342 e. The Labute approximate surface area is 112 Å². The van der Waals surface area contributed by atoms with Crippen LogP contribution in [0.1, 0.15) is 6.35 Å². The summed E-state index contributed by atoms with van der Waals surface area (Å²) < 4.78 is 20.9. The predicted octanol–water partition coefficient (Wildman–Crippen LogP) is 2.53. The van der Waals surface area contributed by atoms with Gasteiger partial charge in [-0.05, 0) is 40.2 Å². The summed E-state index contributed by atoms with van der Waals surface area (Å²) in [6, 6.07) is 6.25. The second-order valence-corrected chi connectivity index (χ2v) is 4.84. The topological polar surface area (TPSA) is 39.1 Å². The van der Waals surface area contributed by atoms with E-state index in [-0.39, 0.29) is 12.2 Å². The zero-order valence-corrected chi connectivity index (χ0v) is 11.0. The van der Waals surface area contributed by atoms with Crippen molar-refractivity contribution in [2.75, 3.05) is 13.2 Å². The Morgan fingerprint density at radius 1 is 1.39 bits per heavy atom. The van der Waals surface area contributed by atoms with Gasteiger partial charge in [0.1, 0.15) is 11.5 Å². The molecule has 2 aromatic rings. The molecule has 1 aliphatic rings. The summed E-state index contributed by atoms with van der Waals surface area (Å²) >= 11 is 3.46. The summed E-state index contributed by atoms with van der Waals surface area (Å²) in [5.41, 5.74) is 1.63. The van der Waals surface area contributed by atoms with E-state index in [1.54, 1.807) is 16.8 Å². The first-order valence-corrected chi connectivity index (χ1v) is 6.39. The van der Waals surface area contributed by atoms with Crippen LogP contribution < -0.4 is 5.32 Å². The number of nitrogens with zero attached hydrogens (tertiary/aromatic N) is 2. The third kappa shape index (κ3) is 2.19. The summed E-state index contributed by atoms with van der Waals surface area (Å²) in [4.78, 5) is 0. The summed E-state index contributed by atoms with van der Waals surface area (Å²) in [5, 5.41) is 7.62. The molecule has 1 fully saturated rings. The van der Waals surface area contributed by atoms with Gasteiger partial charge >= 0.3 is 0 Å². The first-order valence-electron chi connectivity index (χ1n) is 5.59.